The van der Waals surface area contributed by atoms with Crippen LogP contribution in [0.1, 0.15) is 16.7 Å². The topological polar surface area (TPSA) is 68.7 Å². The summed E-state index contributed by atoms with van der Waals surface area (Å²) in [5, 5.41) is 13.4. The summed E-state index contributed by atoms with van der Waals surface area (Å²) in [4.78, 5) is 2.23. The molecule has 3 aromatic rings. The number of ether oxygens (including phenoxy) is 3. The Morgan fingerprint density at radius 1 is 0.970 bits per heavy atom. The second-order valence-corrected chi connectivity index (χ2v) is 8.42. The maximum absolute atomic E-state index is 6.29. The van der Waals surface area contributed by atoms with E-state index in [0.717, 1.165) is 58.4 Å². The van der Waals surface area contributed by atoms with Gasteiger partial charge in [0.15, 0.2) is 17.3 Å². The predicted molar refractivity (Wildman–Crippen MR) is 130 cm³/mol. The number of aromatic nitrogens is 2. The number of hydrogen-bond acceptors (Lipinski definition) is 7. The molecule has 0 amide bonds. The smallest absolute Gasteiger partial charge is 0.161 e. The lowest BCUT2D eigenvalue weighted by Crippen LogP contribution is -2.38. The minimum absolute atomic E-state index is 0.642. The molecule has 0 saturated carbocycles. The van der Waals surface area contributed by atoms with Crippen molar-refractivity contribution in [2.45, 2.75) is 20.0 Å². The predicted octanol–water partition coefficient (Wildman–Crippen LogP) is 4.25. The van der Waals surface area contributed by atoms with Gasteiger partial charge in [0.25, 0.3) is 0 Å². The minimum Gasteiger partial charge on any atom is -0.493 e. The average molecular weight is 469 g/mol. The van der Waals surface area contributed by atoms with Gasteiger partial charge in [0, 0.05) is 42.3 Å². The van der Waals surface area contributed by atoms with E-state index in [2.05, 4.69) is 32.5 Å². The van der Waals surface area contributed by atoms with Crippen LogP contribution in [0.15, 0.2) is 42.5 Å². The maximum Gasteiger partial charge on any atom is 0.161 e. The van der Waals surface area contributed by atoms with Crippen molar-refractivity contribution in [3.8, 4) is 22.8 Å². The monoisotopic (exact) mass is 468 g/mol. The summed E-state index contributed by atoms with van der Waals surface area (Å²) in [6.45, 7) is 6.32. The molecule has 0 aliphatic carbocycles. The molecule has 1 fully saturated rings. The van der Waals surface area contributed by atoms with Gasteiger partial charge in [0.2, 0.25) is 0 Å². The SMILES string of the molecule is COc1ccc(CNCc2cc(-c3cc(C)cc(Cl)c3)nnc2N2CCOCC2)cc1OC. The van der Waals surface area contributed by atoms with Crippen molar-refractivity contribution in [3.63, 3.8) is 0 Å². The molecule has 2 heterocycles. The standard InChI is InChI=1S/C25H29ClN4O3/c1-17-10-19(13-21(26)11-17)22-14-20(25(29-28-22)30-6-8-33-9-7-30)16-27-15-18-4-5-23(31-2)24(12-18)32-3/h4-5,10-14,27H,6-9,15-16H2,1-3H3. The Morgan fingerprint density at radius 2 is 1.76 bits per heavy atom. The third-order valence-corrected chi connectivity index (χ3v) is 5.81. The minimum atomic E-state index is 0.642. The fraction of sp³-hybridized carbons (Fsp3) is 0.360. The summed E-state index contributed by atoms with van der Waals surface area (Å²) >= 11 is 6.29. The number of halogens is 1. The van der Waals surface area contributed by atoms with Crippen LogP contribution in [-0.2, 0) is 17.8 Å². The Labute approximate surface area is 199 Å². The van der Waals surface area contributed by atoms with E-state index in [1.54, 1.807) is 14.2 Å². The molecule has 0 atom stereocenters. The summed E-state index contributed by atoms with van der Waals surface area (Å²) < 4.78 is 16.3. The van der Waals surface area contributed by atoms with E-state index < -0.39 is 0 Å². The summed E-state index contributed by atoms with van der Waals surface area (Å²) in [7, 11) is 3.28. The molecular weight excluding hydrogens is 440 g/mol. The first-order valence-corrected chi connectivity index (χ1v) is 11.3. The molecule has 174 valence electrons. The second kappa shape index (κ2) is 10.8. The van der Waals surface area contributed by atoms with Gasteiger partial charge in [-0.1, -0.05) is 17.7 Å². The molecule has 0 radical (unpaired) electrons. The number of methoxy groups -OCH3 is 2. The number of hydrogen-bond donors (Lipinski definition) is 1. The number of rotatable bonds is 8. The number of nitrogens with zero attached hydrogens (tertiary/aromatic N) is 3. The summed E-state index contributed by atoms with van der Waals surface area (Å²) in [6, 6.07) is 14.0. The van der Waals surface area contributed by atoms with E-state index in [-0.39, 0.29) is 0 Å². The molecule has 0 bridgehead atoms. The van der Waals surface area contributed by atoms with E-state index in [1.165, 1.54) is 0 Å². The fourth-order valence-electron chi connectivity index (χ4n) is 3.95. The van der Waals surface area contributed by atoms with Crippen LogP contribution in [0.3, 0.4) is 0 Å². The van der Waals surface area contributed by atoms with E-state index in [4.69, 9.17) is 25.8 Å². The maximum atomic E-state index is 6.29. The number of anilines is 1. The van der Waals surface area contributed by atoms with E-state index in [0.29, 0.717) is 31.3 Å². The van der Waals surface area contributed by atoms with Crippen molar-refractivity contribution in [1.29, 1.82) is 0 Å². The Morgan fingerprint density at radius 3 is 2.48 bits per heavy atom. The number of aryl methyl sites for hydroxylation is 1. The molecule has 1 aliphatic rings. The zero-order valence-corrected chi connectivity index (χ0v) is 20.0. The lowest BCUT2D eigenvalue weighted by Gasteiger charge is -2.29. The third-order valence-electron chi connectivity index (χ3n) is 5.59. The molecule has 1 aliphatic heterocycles. The van der Waals surface area contributed by atoms with Gasteiger partial charge in [0.1, 0.15) is 0 Å². The van der Waals surface area contributed by atoms with Crippen molar-refractivity contribution >= 4 is 17.4 Å². The zero-order chi connectivity index (χ0) is 23.2. The molecule has 4 rings (SSSR count). The zero-order valence-electron chi connectivity index (χ0n) is 19.2. The lowest BCUT2D eigenvalue weighted by molar-refractivity contribution is 0.122. The van der Waals surface area contributed by atoms with Gasteiger partial charge in [-0.25, -0.2) is 0 Å². The van der Waals surface area contributed by atoms with Gasteiger partial charge in [-0.2, -0.15) is 0 Å². The lowest BCUT2D eigenvalue weighted by atomic mass is 10.1. The van der Waals surface area contributed by atoms with E-state index in [9.17, 15) is 0 Å². The number of morpholine rings is 1. The first-order valence-electron chi connectivity index (χ1n) is 11.0. The Bertz CT molecular complexity index is 1080. The fourth-order valence-corrected chi connectivity index (χ4v) is 4.24. The van der Waals surface area contributed by atoms with Crippen LogP contribution in [0, 0.1) is 6.92 Å². The molecule has 0 spiro atoms. The molecule has 33 heavy (non-hydrogen) atoms. The normalized spacial score (nSPS) is 13.8. The van der Waals surface area contributed by atoms with Crippen molar-refractivity contribution in [3.05, 3.63) is 64.2 Å². The quantitative estimate of drug-likeness (QED) is 0.530. The van der Waals surface area contributed by atoms with Crippen molar-refractivity contribution in [1.82, 2.24) is 15.5 Å². The van der Waals surface area contributed by atoms with Crippen LogP contribution in [0.4, 0.5) is 5.82 Å². The molecule has 2 aromatic carbocycles. The molecule has 1 N–H and O–H groups in total. The van der Waals surface area contributed by atoms with Gasteiger partial charge < -0.3 is 24.4 Å². The highest BCUT2D eigenvalue weighted by molar-refractivity contribution is 6.30. The molecule has 0 unspecified atom stereocenters. The van der Waals surface area contributed by atoms with Crippen molar-refractivity contribution in [2.24, 2.45) is 0 Å². The van der Waals surface area contributed by atoms with E-state index >= 15 is 0 Å². The van der Waals surface area contributed by atoms with Crippen LogP contribution < -0.4 is 19.7 Å². The Balaban J connectivity index is 1.57. The van der Waals surface area contributed by atoms with Crippen LogP contribution in [0.2, 0.25) is 5.02 Å². The second-order valence-electron chi connectivity index (χ2n) is 7.99. The molecule has 1 aromatic heterocycles. The van der Waals surface area contributed by atoms with Crippen LogP contribution >= 0.6 is 11.6 Å². The largest absolute Gasteiger partial charge is 0.493 e. The molecular formula is C25H29ClN4O3. The molecule has 1 saturated heterocycles. The number of benzene rings is 2. The van der Waals surface area contributed by atoms with Crippen LogP contribution in [0.25, 0.3) is 11.3 Å². The highest BCUT2D eigenvalue weighted by Crippen LogP contribution is 2.29. The van der Waals surface area contributed by atoms with Crippen molar-refractivity contribution in [2.75, 3.05) is 45.4 Å². The van der Waals surface area contributed by atoms with Crippen LogP contribution in [0.5, 0.6) is 11.5 Å². The first-order chi connectivity index (χ1) is 16.1. The van der Waals surface area contributed by atoms with E-state index in [1.807, 2.05) is 37.3 Å². The van der Waals surface area contributed by atoms with Gasteiger partial charge in [-0.3, -0.25) is 0 Å². The average Bonchev–Trinajstić information content (AvgIpc) is 2.84. The molecule has 7 nitrogen and oxygen atoms in total. The Hall–Kier alpha value is -2.87. The van der Waals surface area contributed by atoms with Gasteiger partial charge in [-0.15, -0.1) is 10.2 Å². The first kappa shape index (κ1) is 23.3. The third kappa shape index (κ3) is 5.74. The highest BCUT2D eigenvalue weighted by atomic mass is 35.5. The molecule has 8 heteroatoms. The highest BCUT2D eigenvalue weighted by Gasteiger charge is 2.18. The summed E-state index contributed by atoms with van der Waals surface area (Å²) in [5.74, 6) is 2.33. The number of nitrogens with one attached hydrogen (secondary N) is 1. The summed E-state index contributed by atoms with van der Waals surface area (Å²) in [5.41, 5.74) is 5.04. The summed E-state index contributed by atoms with van der Waals surface area (Å²) in [6.07, 6.45) is 0. The van der Waals surface area contributed by atoms with Gasteiger partial charge in [-0.05, 0) is 54.4 Å². The Kier molecular flexibility index (Phi) is 7.65. The van der Waals surface area contributed by atoms with Crippen LogP contribution in [-0.4, -0.2) is 50.7 Å². The van der Waals surface area contributed by atoms with Gasteiger partial charge in [0.05, 0.1) is 33.1 Å². The van der Waals surface area contributed by atoms with Gasteiger partial charge >= 0.3 is 0 Å². The van der Waals surface area contributed by atoms with Crippen molar-refractivity contribution < 1.29 is 14.2 Å².